The average molecular weight is 419 g/mol. The largest absolute Gasteiger partial charge is 0.504 e. The normalized spacial score (nSPS) is 29.6. The average Bonchev–Trinajstić information content (AvgIpc) is 3.04. The number of hydrogen-bond acceptors (Lipinski definition) is 6. The molecule has 1 aromatic rings. The lowest BCUT2D eigenvalue weighted by molar-refractivity contribution is -0.126. The van der Waals surface area contributed by atoms with Gasteiger partial charge in [-0.2, -0.15) is 0 Å². The lowest BCUT2D eigenvalue weighted by Crippen LogP contribution is -2.39. The molecule has 2 amide bonds. The SMILES string of the molecule is COc1ccc([C@H]2C3=CC[C@@H]4C(=O)NC(=O)[C@@H]4[C@@H]3CC3=C2C(=O)C=C(C)C3=O)cc1O. The number of phenols is 1. The molecule has 7 nitrogen and oxygen atoms in total. The highest BCUT2D eigenvalue weighted by molar-refractivity contribution is 6.23. The Morgan fingerprint density at radius 1 is 1.10 bits per heavy atom. The third-order valence-electron chi connectivity index (χ3n) is 6.94. The summed E-state index contributed by atoms with van der Waals surface area (Å²) in [6.45, 7) is 1.61. The molecule has 0 spiro atoms. The molecule has 0 radical (unpaired) electrons. The van der Waals surface area contributed by atoms with Gasteiger partial charge in [0.1, 0.15) is 0 Å². The third kappa shape index (κ3) is 2.72. The molecule has 1 aliphatic heterocycles. The number of fused-ring (bicyclic) bond motifs is 3. The molecule has 4 aliphatic rings. The molecule has 0 saturated carbocycles. The first-order valence-corrected chi connectivity index (χ1v) is 10.2. The lowest BCUT2D eigenvalue weighted by atomic mass is 9.59. The van der Waals surface area contributed by atoms with Crippen LogP contribution in [0.2, 0.25) is 0 Å². The Morgan fingerprint density at radius 3 is 2.58 bits per heavy atom. The first kappa shape index (κ1) is 19.5. The van der Waals surface area contributed by atoms with Crippen LogP contribution >= 0.6 is 0 Å². The molecule has 5 rings (SSSR count). The molecular formula is C24H21NO6. The van der Waals surface area contributed by atoms with E-state index in [0.717, 1.165) is 5.57 Å². The van der Waals surface area contributed by atoms with E-state index in [1.165, 1.54) is 19.3 Å². The fourth-order valence-electron chi connectivity index (χ4n) is 5.56. The second kappa shape index (κ2) is 6.77. The number of nitrogens with one attached hydrogen (secondary N) is 1. The van der Waals surface area contributed by atoms with Crippen LogP contribution in [-0.2, 0) is 19.2 Å². The van der Waals surface area contributed by atoms with Crippen molar-refractivity contribution in [2.75, 3.05) is 7.11 Å². The fourth-order valence-corrected chi connectivity index (χ4v) is 5.56. The highest BCUT2D eigenvalue weighted by Gasteiger charge is 2.53. The summed E-state index contributed by atoms with van der Waals surface area (Å²) < 4.78 is 5.14. The molecule has 1 saturated heterocycles. The van der Waals surface area contributed by atoms with E-state index in [0.29, 0.717) is 34.5 Å². The number of amides is 2. The summed E-state index contributed by atoms with van der Waals surface area (Å²) in [5.41, 5.74) is 2.65. The van der Waals surface area contributed by atoms with Crippen molar-refractivity contribution in [3.63, 3.8) is 0 Å². The van der Waals surface area contributed by atoms with E-state index in [1.54, 1.807) is 19.1 Å². The number of methoxy groups -OCH3 is 1. The smallest absolute Gasteiger partial charge is 0.231 e. The monoisotopic (exact) mass is 419 g/mol. The lowest BCUT2D eigenvalue weighted by Gasteiger charge is -2.42. The number of hydrogen-bond donors (Lipinski definition) is 2. The van der Waals surface area contributed by atoms with E-state index in [-0.39, 0.29) is 41.5 Å². The van der Waals surface area contributed by atoms with Crippen LogP contribution in [0.5, 0.6) is 11.5 Å². The summed E-state index contributed by atoms with van der Waals surface area (Å²) in [6.07, 6.45) is 3.93. The maximum atomic E-state index is 13.1. The molecule has 4 atom stereocenters. The Hall–Kier alpha value is -3.48. The maximum Gasteiger partial charge on any atom is 0.231 e. The number of rotatable bonds is 2. The van der Waals surface area contributed by atoms with Gasteiger partial charge in [0, 0.05) is 22.6 Å². The Kier molecular flexibility index (Phi) is 4.25. The van der Waals surface area contributed by atoms with Gasteiger partial charge in [-0.15, -0.1) is 0 Å². The first-order valence-electron chi connectivity index (χ1n) is 10.2. The molecule has 158 valence electrons. The van der Waals surface area contributed by atoms with Crippen molar-refractivity contribution in [3.8, 4) is 11.5 Å². The fraction of sp³-hybridized carbons (Fsp3) is 0.333. The molecule has 1 fully saturated rings. The van der Waals surface area contributed by atoms with Gasteiger partial charge in [0.2, 0.25) is 11.8 Å². The number of aromatic hydroxyl groups is 1. The highest BCUT2D eigenvalue weighted by Crippen LogP contribution is 2.54. The van der Waals surface area contributed by atoms with Gasteiger partial charge in [0.25, 0.3) is 0 Å². The zero-order chi connectivity index (χ0) is 22.0. The van der Waals surface area contributed by atoms with E-state index in [4.69, 9.17) is 4.74 Å². The van der Waals surface area contributed by atoms with E-state index >= 15 is 0 Å². The van der Waals surface area contributed by atoms with Gasteiger partial charge in [0.05, 0.1) is 18.9 Å². The summed E-state index contributed by atoms with van der Waals surface area (Å²) in [4.78, 5) is 51.0. The molecule has 0 unspecified atom stereocenters. The molecule has 0 bridgehead atoms. The number of Topliss-reactive ketones (excluding diaryl/α,β-unsaturated/α-hetero) is 1. The van der Waals surface area contributed by atoms with Crippen molar-refractivity contribution in [1.82, 2.24) is 5.32 Å². The summed E-state index contributed by atoms with van der Waals surface area (Å²) in [7, 11) is 1.45. The van der Waals surface area contributed by atoms with Crippen LogP contribution in [-0.4, -0.2) is 35.6 Å². The Labute approximate surface area is 178 Å². The van der Waals surface area contributed by atoms with Crippen molar-refractivity contribution < 1.29 is 29.0 Å². The van der Waals surface area contributed by atoms with E-state index in [9.17, 15) is 24.3 Å². The number of carbonyl (C=O) groups is 4. The van der Waals surface area contributed by atoms with Gasteiger partial charge in [-0.1, -0.05) is 17.7 Å². The second-order valence-electron chi connectivity index (χ2n) is 8.51. The number of ketones is 2. The number of allylic oxidation sites excluding steroid dienone is 6. The number of phenolic OH excluding ortho intramolecular Hbond substituents is 1. The number of benzene rings is 1. The van der Waals surface area contributed by atoms with Crippen molar-refractivity contribution in [2.24, 2.45) is 17.8 Å². The zero-order valence-corrected chi connectivity index (χ0v) is 17.1. The zero-order valence-electron chi connectivity index (χ0n) is 17.1. The van der Waals surface area contributed by atoms with Crippen LogP contribution in [0.15, 0.2) is 52.6 Å². The van der Waals surface area contributed by atoms with Crippen molar-refractivity contribution in [2.45, 2.75) is 25.7 Å². The van der Waals surface area contributed by atoms with Crippen molar-refractivity contribution in [3.05, 3.63) is 58.2 Å². The Morgan fingerprint density at radius 2 is 1.87 bits per heavy atom. The second-order valence-corrected chi connectivity index (χ2v) is 8.51. The molecule has 1 aromatic carbocycles. The minimum Gasteiger partial charge on any atom is -0.504 e. The van der Waals surface area contributed by atoms with E-state index in [2.05, 4.69) is 5.32 Å². The molecule has 7 heteroatoms. The van der Waals surface area contributed by atoms with Crippen LogP contribution in [0, 0.1) is 17.8 Å². The van der Waals surface area contributed by atoms with Gasteiger partial charge in [-0.05, 0) is 49.5 Å². The first-order chi connectivity index (χ1) is 14.8. The molecule has 31 heavy (non-hydrogen) atoms. The summed E-state index contributed by atoms with van der Waals surface area (Å²) in [5, 5.41) is 12.8. The quantitative estimate of drug-likeness (QED) is 0.432. The topological polar surface area (TPSA) is 110 Å². The predicted octanol–water partition coefficient (Wildman–Crippen LogP) is 2.12. The predicted molar refractivity (Wildman–Crippen MR) is 109 cm³/mol. The van der Waals surface area contributed by atoms with Gasteiger partial charge in [-0.25, -0.2) is 0 Å². The molecular weight excluding hydrogens is 398 g/mol. The summed E-state index contributed by atoms with van der Waals surface area (Å²) in [5.74, 6) is -2.79. The van der Waals surface area contributed by atoms with Gasteiger partial charge in [0.15, 0.2) is 23.1 Å². The van der Waals surface area contributed by atoms with Crippen molar-refractivity contribution >= 4 is 23.4 Å². The van der Waals surface area contributed by atoms with Crippen LogP contribution in [0.1, 0.15) is 31.2 Å². The molecule has 2 N–H and O–H groups in total. The standard InChI is InChI=1S/C24H21NO6/c1-10-7-17(27)21-15(22(10)28)9-14-12(4-5-13-20(14)24(30)25-23(13)29)19(21)11-3-6-18(31-2)16(26)8-11/h3-4,6-8,13-14,19-20,26H,5,9H2,1-2H3,(H,25,29,30)/t13-,14+,19-,20-/m0/s1. The summed E-state index contributed by atoms with van der Waals surface area (Å²) >= 11 is 0. The van der Waals surface area contributed by atoms with E-state index in [1.807, 2.05) is 6.08 Å². The van der Waals surface area contributed by atoms with Gasteiger partial charge < -0.3 is 9.84 Å². The minimum absolute atomic E-state index is 0.0753. The van der Waals surface area contributed by atoms with E-state index < -0.39 is 17.8 Å². The minimum atomic E-state index is -0.573. The molecule has 3 aliphatic carbocycles. The number of imide groups is 1. The van der Waals surface area contributed by atoms with Crippen molar-refractivity contribution in [1.29, 1.82) is 0 Å². The Bertz CT molecular complexity index is 1170. The number of ether oxygens (including phenoxy) is 1. The summed E-state index contributed by atoms with van der Waals surface area (Å²) in [6, 6.07) is 4.90. The Balaban J connectivity index is 1.71. The van der Waals surface area contributed by atoms with Crippen LogP contribution in [0.4, 0.5) is 0 Å². The van der Waals surface area contributed by atoms with Crippen LogP contribution in [0.3, 0.4) is 0 Å². The van der Waals surface area contributed by atoms with Crippen LogP contribution in [0.25, 0.3) is 0 Å². The van der Waals surface area contributed by atoms with Gasteiger partial charge >= 0.3 is 0 Å². The molecule has 0 aromatic heterocycles. The van der Waals surface area contributed by atoms with Crippen LogP contribution < -0.4 is 10.1 Å². The number of carbonyl (C=O) groups excluding carboxylic acids is 4. The molecule has 1 heterocycles. The maximum absolute atomic E-state index is 13.1. The van der Waals surface area contributed by atoms with Gasteiger partial charge in [-0.3, -0.25) is 24.5 Å². The highest BCUT2D eigenvalue weighted by atomic mass is 16.5. The third-order valence-corrected chi connectivity index (χ3v) is 6.94.